The van der Waals surface area contributed by atoms with Crippen LogP contribution in [0.3, 0.4) is 0 Å². The van der Waals surface area contributed by atoms with Crippen LogP contribution in [0, 0.1) is 5.92 Å². The molecule has 0 bridgehead atoms. The maximum atomic E-state index is 13.1. The van der Waals surface area contributed by atoms with Crippen molar-refractivity contribution >= 4 is 11.6 Å². The average Bonchev–Trinajstić information content (AvgIpc) is 3.60. The summed E-state index contributed by atoms with van der Waals surface area (Å²) in [5.74, 6) is 0.977. The number of pyridine rings is 1. The van der Waals surface area contributed by atoms with E-state index < -0.39 is 5.41 Å². The number of aryl methyl sites for hydroxylation is 1. The number of imidazole rings is 1. The highest BCUT2D eigenvalue weighted by atomic mass is 16.5. The average molecular weight is 531 g/mol. The molecule has 1 fully saturated rings. The van der Waals surface area contributed by atoms with E-state index in [-0.39, 0.29) is 11.8 Å². The first kappa shape index (κ1) is 27.0. The van der Waals surface area contributed by atoms with Gasteiger partial charge < -0.3 is 25.1 Å². The van der Waals surface area contributed by atoms with Crippen LogP contribution in [-0.2, 0) is 21.4 Å². The number of fused-ring (bicyclic) bond motifs is 1. The molecule has 9 heteroatoms. The Morgan fingerprint density at radius 1 is 1.18 bits per heavy atom. The predicted octanol–water partition coefficient (Wildman–Crippen LogP) is 4.02. The Morgan fingerprint density at radius 3 is 2.67 bits per heavy atom. The van der Waals surface area contributed by atoms with Gasteiger partial charge in [-0.1, -0.05) is 31.1 Å². The SMILES string of the molecule is COCCN1CCC(C(=O)NCC(C)(C)c2nc(-c3ccncc3)c(-c3ccc4c(c3)CC/C4=N/O)[nH]2)CC1. The number of nitrogens with one attached hydrogen (secondary N) is 2. The number of amides is 1. The number of nitrogens with zero attached hydrogens (tertiary/aromatic N) is 4. The van der Waals surface area contributed by atoms with Crippen LogP contribution in [0.15, 0.2) is 47.9 Å². The number of H-pyrrole nitrogens is 1. The van der Waals surface area contributed by atoms with Crippen molar-refractivity contribution in [1.29, 1.82) is 0 Å². The van der Waals surface area contributed by atoms with Crippen LogP contribution < -0.4 is 5.32 Å². The van der Waals surface area contributed by atoms with Crippen molar-refractivity contribution < 1.29 is 14.7 Å². The Labute approximate surface area is 229 Å². The molecule has 5 rings (SSSR count). The fraction of sp³-hybridized carbons (Fsp3) is 0.467. The first-order valence-corrected chi connectivity index (χ1v) is 13.7. The number of methoxy groups -OCH3 is 1. The third kappa shape index (κ3) is 5.89. The summed E-state index contributed by atoms with van der Waals surface area (Å²) in [5, 5.41) is 16.0. The number of rotatable bonds is 9. The molecule has 0 saturated carbocycles. The van der Waals surface area contributed by atoms with Gasteiger partial charge in [-0.2, -0.15) is 0 Å². The van der Waals surface area contributed by atoms with Gasteiger partial charge >= 0.3 is 0 Å². The number of aromatic nitrogens is 3. The lowest BCUT2D eigenvalue weighted by atomic mass is 9.91. The Kier molecular flexibility index (Phi) is 8.09. The second-order valence-electron chi connectivity index (χ2n) is 11.2. The van der Waals surface area contributed by atoms with Crippen LogP contribution in [0.5, 0.6) is 0 Å². The topological polar surface area (TPSA) is 116 Å². The summed E-state index contributed by atoms with van der Waals surface area (Å²) in [7, 11) is 1.72. The van der Waals surface area contributed by atoms with Crippen molar-refractivity contribution in [2.75, 3.05) is 39.9 Å². The summed E-state index contributed by atoms with van der Waals surface area (Å²) in [5.41, 5.74) is 6.26. The molecule has 1 aromatic carbocycles. The molecule has 3 aromatic rings. The Hall–Kier alpha value is -3.56. The predicted molar refractivity (Wildman–Crippen MR) is 151 cm³/mol. The number of hydrogen-bond acceptors (Lipinski definition) is 7. The Morgan fingerprint density at radius 2 is 1.95 bits per heavy atom. The molecule has 1 amide bonds. The quantitative estimate of drug-likeness (QED) is 0.284. The zero-order valence-electron chi connectivity index (χ0n) is 23.0. The molecule has 9 nitrogen and oxygen atoms in total. The number of aromatic amines is 1. The van der Waals surface area contributed by atoms with Crippen LogP contribution in [-0.4, -0.2) is 76.6 Å². The lowest BCUT2D eigenvalue weighted by molar-refractivity contribution is -0.126. The van der Waals surface area contributed by atoms with E-state index in [1.165, 1.54) is 0 Å². The fourth-order valence-corrected chi connectivity index (χ4v) is 5.53. The third-order valence-electron chi connectivity index (χ3n) is 8.03. The lowest BCUT2D eigenvalue weighted by Crippen LogP contribution is -2.44. The van der Waals surface area contributed by atoms with Gasteiger partial charge in [-0.15, -0.1) is 0 Å². The standard InChI is InChI=1S/C30H38N6O3/c1-30(2,19-32-28(37)21-10-14-36(15-11-21)16-17-39-3)29-33-26(20-8-12-31-13-9-20)27(34-29)23-4-6-24-22(18-23)5-7-25(24)35-38/h4,6,8-9,12-13,18,21,38H,5,7,10-11,14-17,19H2,1-3H3,(H,32,37)(H,33,34)/b35-25-. The molecule has 0 unspecified atom stereocenters. The van der Waals surface area contributed by atoms with Gasteiger partial charge in [-0.25, -0.2) is 4.98 Å². The molecule has 1 aliphatic carbocycles. The van der Waals surface area contributed by atoms with Gasteiger partial charge in [0, 0.05) is 60.6 Å². The van der Waals surface area contributed by atoms with Crippen molar-refractivity contribution in [2.24, 2.45) is 11.1 Å². The highest BCUT2D eigenvalue weighted by molar-refractivity contribution is 6.04. The van der Waals surface area contributed by atoms with Crippen molar-refractivity contribution in [3.63, 3.8) is 0 Å². The molecule has 2 aromatic heterocycles. The molecule has 2 aliphatic rings. The minimum absolute atomic E-state index is 0.0397. The molecule has 1 aliphatic heterocycles. The molecule has 0 atom stereocenters. The summed E-state index contributed by atoms with van der Waals surface area (Å²) < 4.78 is 5.19. The normalized spacial score (nSPS) is 17.5. The molecule has 3 heterocycles. The number of oxime groups is 1. The van der Waals surface area contributed by atoms with E-state index in [1.807, 2.05) is 24.3 Å². The van der Waals surface area contributed by atoms with Crippen molar-refractivity contribution in [3.8, 4) is 22.5 Å². The van der Waals surface area contributed by atoms with Crippen LogP contribution in [0.2, 0.25) is 0 Å². The molecule has 0 spiro atoms. The van der Waals surface area contributed by atoms with Crippen molar-refractivity contribution in [3.05, 3.63) is 59.7 Å². The molecular weight excluding hydrogens is 492 g/mol. The number of likely N-dealkylation sites (tertiary alicyclic amines) is 1. The van der Waals surface area contributed by atoms with Gasteiger partial charge in [0.2, 0.25) is 5.91 Å². The molecule has 0 radical (unpaired) electrons. The van der Waals surface area contributed by atoms with Gasteiger partial charge in [0.1, 0.15) is 5.82 Å². The van der Waals surface area contributed by atoms with Crippen LogP contribution in [0.1, 0.15) is 50.1 Å². The maximum Gasteiger partial charge on any atom is 0.223 e. The molecule has 3 N–H and O–H groups in total. The van der Waals surface area contributed by atoms with Crippen molar-refractivity contribution in [2.45, 2.75) is 44.9 Å². The highest BCUT2D eigenvalue weighted by Gasteiger charge is 2.31. The zero-order valence-corrected chi connectivity index (χ0v) is 23.0. The Bertz CT molecular complexity index is 1330. The molecular formula is C30H38N6O3. The van der Waals surface area contributed by atoms with E-state index >= 15 is 0 Å². The van der Waals surface area contributed by atoms with E-state index in [0.717, 1.165) is 97.1 Å². The van der Waals surface area contributed by atoms with E-state index in [2.05, 4.69) is 45.3 Å². The lowest BCUT2D eigenvalue weighted by Gasteiger charge is -2.32. The summed E-state index contributed by atoms with van der Waals surface area (Å²) >= 11 is 0. The van der Waals surface area contributed by atoms with E-state index in [0.29, 0.717) is 6.54 Å². The molecule has 1 saturated heterocycles. The second-order valence-corrected chi connectivity index (χ2v) is 11.2. The van der Waals surface area contributed by atoms with Gasteiger partial charge in [-0.05, 0) is 62.5 Å². The molecule has 206 valence electrons. The minimum atomic E-state index is -0.414. The monoisotopic (exact) mass is 530 g/mol. The Balaban J connectivity index is 1.34. The maximum absolute atomic E-state index is 13.1. The van der Waals surface area contributed by atoms with E-state index in [4.69, 9.17) is 9.72 Å². The minimum Gasteiger partial charge on any atom is -0.411 e. The summed E-state index contributed by atoms with van der Waals surface area (Å²) in [6, 6.07) is 10.1. The number of piperidine rings is 1. The van der Waals surface area contributed by atoms with Gasteiger partial charge in [-0.3, -0.25) is 9.78 Å². The van der Waals surface area contributed by atoms with Gasteiger partial charge in [0.25, 0.3) is 0 Å². The van der Waals surface area contributed by atoms with Crippen LogP contribution >= 0.6 is 0 Å². The summed E-state index contributed by atoms with van der Waals surface area (Å²) in [6.45, 7) is 8.18. The third-order valence-corrected chi connectivity index (χ3v) is 8.03. The first-order chi connectivity index (χ1) is 18.9. The number of carbonyl (C=O) groups is 1. The zero-order chi connectivity index (χ0) is 27.4. The highest BCUT2D eigenvalue weighted by Crippen LogP contribution is 2.35. The van der Waals surface area contributed by atoms with E-state index in [1.54, 1.807) is 19.5 Å². The van der Waals surface area contributed by atoms with Gasteiger partial charge in [0.05, 0.1) is 23.7 Å². The number of benzene rings is 1. The number of carbonyl (C=O) groups excluding carboxylic acids is 1. The summed E-state index contributed by atoms with van der Waals surface area (Å²) in [4.78, 5) is 28.3. The molecule has 39 heavy (non-hydrogen) atoms. The van der Waals surface area contributed by atoms with Crippen molar-refractivity contribution in [1.82, 2.24) is 25.2 Å². The smallest absolute Gasteiger partial charge is 0.223 e. The number of ether oxygens (including phenoxy) is 1. The van der Waals surface area contributed by atoms with Gasteiger partial charge in [0.15, 0.2) is 0 Å². The fourth-order valence-electron chi connectivity index (χ4n) is 5.53. The van der Waals surface area contributed by atoms with Crippen LogP contribution in [0.25, 0.3) is 22.5 Å². The van der Waals surface area contributed by atoms with E-state index in [9.17, 15) is 10.0 Å². The van der Waals surface area contributed by atoms with Crippen LogP contribution in [0.4, 0.5) is 0 Å². The largest absolute Gasteiger partial charge is 0.411 e. The first-order valence-electron chi connectivity index (χ1n) is 13.7. The summed E-state index contributed by atoms with van der Waals surface area (Å²) in [6.07, 6.45) is 6.86. The second kappa shape index (κ2) is 11.7. The number of hydrogen-bond donors (Lipinski definition) is 3.